The molecule has 0 unspecified atom stereocenters. The highest BCUT2D eigenvalue weighted by Crippen LogP contribution is 2.25. The molecule has 27 heavy (non-hydrogen) atoms. The lowest BCUT2D eigenvalue weighted by Gasteiger charge is -2.08. The first-order chi connectivity index (χ1) is 12.9. The van der Waals surface area contributed by atoms with Crippen LogP contribution < -0.4 is 10.9 Å². The van der Waals surface area contributed by atoms with Crippen LogP contribution in [0.1, 0.15) is 34.7 Å². The van der Waals surface area contributed by atoms with Gasteiger partial charge in [-0.2, -0.15) is 5.10 Å². The molecule has 0 aliphatic heterocycles. The average molecular weight is 388 g/mol. The minimum absolute atomic E-state index is 0.0615. The summed E-state index contributed by atoms with van der Waals surface area (Å²) in [6.07, 6.45) is 2.61. The standard InChI is InChI=1S/C19H25N5O2S/c1-12-10-13(2)24(22-12)8-5-7-20-16(25)6-9-23-11-21-18-17(19(23)26)14(3)15(4)27-18/h10-11H,5-9H2,1-4H3,(H,20,25). The molecule has 144 valence electrons. The van der Waals surface area contributed by atoms with Gasteiger partial charge in [-0.25, -0.2) is 4.98 Å². The summed E-state index contributed by atoms with van der Waals surface area (Å²) in [6, 6.07) is 2.04. The van der Waals surface area contributed by atoms with E-state index in [0.717, 1.165) is 39.6 Å². The van der Waals surface area contributed by atoms with Gasteiger partial charge in [0.2, 0.25) is 5.91 Å². The monoisotopic (exact) mass is 387 g/mol. The van der Waals surface area contributed by atoms with Crippen LogP contribution in [0.3, 0.4) is 0 Å². The summed E-state index contributed by atoms with van der Waals surface area (Å²) in [4.78, 5) is 30.9. The van der Waals surface area contributed by atoms with E-state index in [1.807, 2.05) is 38.4 Å². The van der Waals surface area contributed by atoms with Crippen LogP contribution in [0.2, 0.25) is 0 Å². The van der Waals surface area contributed by atoms with E-state index in [1.54, 1.807) is 0 Å². The number of nitrogens with one attached hydrogen (secondary N) is 1. The van der Waals surface area contributed by atoms with Gasteiger partial charge in [-0.3, -0.25) is 18.8 Å². The number of carbonyl (C=O) groups excluding carboxylic acids is 1. The number of thiophene rings is 1. The molecule has 3 aromatic rings. The molecule has 0 aromatic carbocycles. The van der Waals surface area contributed by atoms with Crippen LogP contribution >= 0.6 is 11.3 Å². The topological polar surface area (TPSA) is 81.8 Å². The highest BCUT2D eigenvalue weighted by Gasteiger charge is 2.12. The molecule has 1 N–H and O–H groups in total. The SMILES string of the molecule is Cc1cc(C)n(CCCNC(=O)CCn2cnc3sc(C)c(C)c3c2=O)n1. The van der Waals surface area contributed by atoms with Crippen molar-refractivity contribution in [1.82, 2.24) is 24.6 Å². The Balaban J connectivity index is 1.50. The molecule has 0 atom stereocenters. The van der Waals surface area contributed by atoms with Crippen molar-refractivity contribution in [3.8, 4) is 0 Å². The van der Waals surface area contributed by atoms with Gasteiger partial charge < -0.3 is 5.32 Å². The molecule has 0 radical (unpaired) electrons. The molecule has 0 aliphatic rings. The second-order valence-electron chi connectivity index (χ2n) is 6.81. The fourth-order valence-corrected chi connectivity index (χ4v) is 4.09. The van der Waals surface area contributed by atoms with E-state index in [1.165, 1.54) is 22.2 Å². The summed E-state index contributed by atoms with van der Waals surface area (Å²) in [5.74, 6) is -0.0615. The first-order valence-corrected chi connectivity index (χ1v) is 9.91. The molecular formula is C19H25N5O2S. The van der Waals surface area contributed by atoms with Crippen LogP contribution in [0.5, 0.6) is 0 Å². The van der Waals surface area contributed by atoms with Crippen molar-refractivity contribution in [2.24, 2.45) is 0 Å². The molecule has 3 rings (SSSR count). The summed E-state index contributed by atoms with van der Waals surface area (Å²) in [5.41, 5.74) is 3.04. The van der Waals surface area contributed by atoms with Crippen LogP contribution in [0.4, 0.5) is 0 Å². The highest BCUT2D eigenvalue weighted by atomic mass is 32.1. The fraction of sp³-hybridized carbons (Fsp3) is 0.474. The molecule has 3 heterocycles. The van der Waals surface area contributed by atoms with E-state index in [-0.39, 0.29) is 17.9 Å². The minimum Gasteiger partial charge on any atom is -0.356 e. The largest absolute Gasteiger partial charge is 0.356 e. The van der Waals surface area contributed by atoms with E-state index in [0.29, 0.717) is 18.5 Å². The molecule has 3 aromatic heterocycles. The Morgan fingerprint density at radius 3 is 2.70 bits per heavy atom. The van der Waals surface area contributed by atoms with Gasteiger partial charge in [-0.15, -0.1) is 11.3 Å². The quantitative estimate of drug-likeness (QED) is 0.632. The second kappa shape index (κ2) is 8.04. The minimum atomic E-state index is -0.0702. The van der Waals surface area contributed by atoms with Crippen LogP contribution in [0, 0.1) is 27.7 Å². The summed E-state index contributed by atoms with van der Waals surface area (Å²) < 4.78 is 3.48. The first kappa shape index (κ1) is 19.3. The van der Waals surface area contributed by atoms with E-state index < -0.39 is 0 Å². The number of hydrogen-bond acceptors (Lipinski definition) is 5. The van der Waals surface area contributed by atoms with Crippen molar-refractivity contribution in [3.63, 3.8) is 0 Å². The number of nitrogens with zero attached hydrogens (tertiary/aromatic N) is 4. The van der Waals surface area contributed by atoms with E-state index in [2.05, 4.69) is 15.4 Å². The molecule has 7 nitrogen and oxygen atoms in total. The summed E-state index contributed by atoms with van der Waals surface area (Å²) in [5, 5.41) is 7.99. The van der Waals surface area contributed by atoms with Gasteiger partial charge in [0.25, 0.3) is 5.56 Å². The van der Waals surface area contributed by atoms with Crippen molar-refractivity contribution < 1.29 is 4.79 Å². The maximum atomic E-state index is 12.6. The number of rotatable bonds is 7. The van der Waals surface area contributed by atoms with Crippen LogP contribution in [-0.4, -0.2) is 31.8 Å². The number of amides is 1. The molecule has 0 spiro atoms. The number of aryl methyl sites for hydroxylation is 6. The molecule has 0 saturated carbocycles. The number of carbonyl (C=O) groups is 1. The van der Waals surface area contributed by atoms with Gasteiger partial charge in [-0.05, 0) is 45.7 Å². The maximum absolute atomic E-state index is 12.6. The van der Waals surface area contributed by atoms with E-state index in [9.17, 15) is 9.59 Å². The lowest BCUT2D eigenvalue weighted by atomic mass is 10.2. The predicted molar refractivity (Wildman–Crippen MR) is 107 cm³/mol. The third-order valence-electron chi connectivity index (χ3n) is 4.71. The zero-order valence-corrected chi connectivity index (χ0v) is 17.0. The second-order valence-corrected chi connectivity index (χ2v) is 8.01. The zero-order chi connectivity index (χ0) is 19.6. The Kier molecular flexibility index (Phi) is 5.74. The lowest BCUT2D eigenvalue weighted by Crippen LogP contribution is -2.28. The Morgan fingerprint density at radius 2 is 2.00 bits per heavy atom. The highest BCUT2D eigenvalue weighted by molar-refractivity contribution is 7.18. The molecule has 1 amide bonds. The first-order valence-electron chi connectivity index (χ1n) is 9.09. The summed E-state index contributed by atoms with van der Waals surface area (Å²) in [6.45, 7) is 9.63. The van der Waals surface area contributed by atoms with E-state index in [4.69, 9.17) is 0 Å². The van der Waals surface area contributed by atoms with Crippen molar-refractivity contribution >= 4 is 27.5 Å². The third kappa shape index (κ3) is 4.27. The van der Waals surface area contributed by atoms with Gasteiger partial charge >= 0.3 is 0 Å². The number of hydrogen-bond donors (Lipinski definition) is 1. The predicted octanol–water partition coefficient (Wildman–Crippen LogP) is 2.48. The van der Waals surface area contributed by atoms with Crippen LogP contribution in [-0.2, 0) is 17.9 Å². The van der Waals surface area contributed by atoms with Gasteiger partial charge in [0.15, 0.2) is 0 Å². The summed E-state index contributed by atoms with van der Waals surface area (Å²) in [7, 11) is 0. The average Bonchev–Trinajstić information content (AvgIpc) is 3.09. The van der Waals surface area contributed by atoms with Gasteiger partial charge in [-0.1, -0.05) is 0 Å². The zero-order valence-electron chi connectivity index (χ0n) is 16.2. The van der Waals surface area contributed by atoms with Crippen molar-refractivity contribution in [2.45, 2.75) is 53.6 Å². The Bertz CT molecular complexity index is 1030. The smallest absolute Gasteiger partial charge is 0.262 e. The molecule has 0 saturated heterocycles. The number of fused-ring (bicyclic) bond motifs is 1. The summed E-state index contributed by atoms with van der Waals surface area (Å²) >= 11 is 1.53. The van der Waals surface area contributed by atoms with Crippen molar-refractivity contribution in [1.29, 1.82) is 0 Å². The van der Waals surface area contributed by atoms with Crippen molar-refractivity contribution in [3.05, 3.63) is 44.6 Å². The Morgan fingerprint density at radius 1 is 1.22 bits per heavy atom. The van der Waals surface area contributed by atoms with Gasteiger partial charge in [0.1, 0.15) is 4.83 Å². The van der Waals surface area contributed by atoms with E-state index >= 15 is 0 Å². The molecule has 0 bridgehead atoms. The van der Waals surface area contributed by atoms with Crippen LogP contribution in [0.25, 0.3) is 10.2 Å². The van der Waals surface area contributed by atoms with Crippen LogP contribution in [0.15, 0.2) is 17.2 Å². The van der Waals surface area contributed by atoms with Gasteiger partial charge in [0, 0.05) is 36.6 Å². The Hall–Kier alpha value is -2.48. The molecule has 8 heteroatoms. The Labute approximate surface area is 162 Å². The third-order valence-corrected chi connectivity index (χ3v) is 5.82. The van der Waals surface area contributed by atoms with Crippen molar-refractivity contribution in [2.75, 3.05) is 6.54 Å². The fourth-order valence-electron chi connectivity index (χ4n) is 3.10. The molecule has 0 fully saturated rings. The lowest BCUT2D eigenvalue weighted by molar-refractivity contribution is -0.121. The molecule has 0 aliphatic carbocycles. The molecular weight excluding hydrogens is 362 g/mol. The maximum Gasteiger partial charge on any atom is 0.262 e. The normalized spacial score (nSPS) is 11.3. The number of aromatic nitrogens is 4. The van der Waals surface area contributed by atoms with Gasteiger partial charge in [0.05, 0.1) is 17.4 Å².